The van der Waals surface area contributed by atoms with Gasteiger partial charge in [-0.1, -0.05) is 58.0 Å². The van der Waals surface area contributed by atoms with E-state index in [0.29, 0.717) is 16.4 Å². The van der Waals surface area contributed by atoms with E-state index in [1.165, 1.54) is 18.4 Å². The zero-order chi connectivity index (χ0) is 22.5. The maximum absolute atomic E-state index is 13.4. The van der Waals surface area contributed by atoms with Crippen molar-refractivity contribution in [2.45, 2.75) is 41.2 Å². The van der Waals surface area contributed by atoms with E-state index in [1.54, 1.807) is 11.8 Å². The first kappa shape index (κ1) is 23.6. The van der Waals surface area contributed by atoms with Crippen molar-refractivity contribution in [2.24, 2.45) is 11.3 Å². The van der Waals surface area contributed by atoms with E-state index < -0.39 is 11.3 Å². The molecule has 1 aromatic carbocycles. The van der Waals surface area contributed by atoms with Gasteiger partial charge in [0.1, 0.15) is 0 Å². The fraction of sp³-hybridized carbons (Fsp3) is 0.435. The first-order valence-electron chi connectivity index (χ1n) is 9.85. The molecular weight excluding hydrogens is 400 g/mol. The number of thiophene rings is 1. The molecule has 0 bridgehead atoms. The summed E-state index contributed by atoms with van der Waals surface area (Å²) in [5.41, 5.74) is 1.23. The van der Waals surface area contributed by atoms with Crippen LogP contribution in [0.5, 0.6) is 0 Å². The number of carbonyl (C=O) groups excluding carboxylic acids is 3. The lowest BCUT2D eigenvalue weighted by Gasteiger charge is -2.25. The highest BCUT2D eigenvalue weighted by molar-refractivity contribution is 7.18. The minimum Gasteiger partial charge on any atom is -0.469 e. The zero-order valence-corrected chi connectivity index (χ0v) is 19.3. The smallest absolute Gasteiger partial charge is 0.310 e. The number of nitrogens with one attached hydrogen (secondary N) is 1. The number of amides is 2. The number of hydrogen-bond donors (Lipinski definition) is 1. The van der Waals surface area contributed by atoms with E-state index in [2.05, 4.69) is 5.32 Å². The lowest BCUT2D eigenvalue weighted by molar-refractivity contribution is -0.145. The summed E-state index contributed by atoms with van der Waals surface area (Å²) >= 11 is 1.25. The molecule has 0 saturated heterocycles. The molecule has 7 heteroatoms. The van der Waals surface area contributed by atoms with E-state index in [9.17, 15) is 14.4 Å². The van der Waals surface area contributed by atoms with Crippen molar-refractivity contribution < 1.29 is 19.1 Å². The molecule has 6 nitrogen and oxygen atoms in total. The Morgan fingerprint density at radius 1 is 1.17 bits per heavy atom. The minimum atomic E-state index is -0.530. The van der Waals surface area contributed by atoms with Crippen LogP contribution in [-0.2, 0) is 20.9 Å². The van der Waals surface area contributed by atoms with E-state index in [0.717, 1.165) is 11.1 Å². The molecule has 2 aromatic rings. The van der Waals surface area contributed by atoms with Gasteiger partial charge in [-0.25, -0.2) is 0 Å². The summed E-state index contributed by atoms with van der Waals surface area (Å²) in [6.07, 6.45) is 0. The van der Waals surface area contributed by atoms with E-state index >= 15 is 0 Å². The van der Waals surface area contributed by atoms with Crippen molar-refractivity contribution in [3.8, 4) is 0 Å². The van der Waals surface area contributed by atoms with Crippen molar-refractivity contribution in [1.82, 2.24) is 4.90 Å². The molecule has 2 amide bonds. The highest BCUT2D eigenvalue weighted by atomic mass is 32.1. The van der Waals surface area contributed by atoms with Gasteiger partial charge in [-0.2, -0.15) is 0 Å². The molecule has 1 aromatic heterocycles. The Balaban J connectivity index is 2.28. The molecule has 0 aliphatic carbocycles. The monoisotopic (exact) mass is 430 g/mol. The molecule has 2 rings (SSSR count). The number of anilines is 1. The molecule has 0 aliphatic rings. The number of ether oxygens (including phenoxy) is 1. The van der Waals surface area contributed by atoms with Crippen molar-refractivity contribution in [2.75, 3.05) is 19.0 Å². The molecule has 0 fully saturated rings. The van der Waals surface area contributed by atoms with Crippen LogP contribution in [0.4, 0.5) is 5.00 Å². The van der Waals surface area contributed by atoms with Gasteiger partial charge in [0, 0.05) is 18.5 Å². The summed E-state index contributed by atoms with van der Waals surface area (Å²) in [6.45, 7) is 9.72. The summed E-state index contributed by atoms with van der Waals surface area (Å²) in [5, 5.41) is 3.53. The van der Waals surface area contributed by atoms with Gasteiger partial charge in [0.15, 0.2) is 0 Å². The third-order valence-electron chi connectivity index (χ3n) is 4.63. The number of nitrogens with zero attached hydrogens (tertiary/aromatic N) is 1. The summed E-state index contributed by atoms with van der Waals surface area (Å²) in [5.74, 6) is -1.10. The van der Waals surface area contributed by atoms with Crippen LogP contribution in [0.25, 0.3) is 0 Å². The minimum absolute atomic E-state index is 0.108. The third kappa shape index (κ3) is 6.16. The number of carbonyl (C=O) groups is 3. The quantitative estimate of drug-likeness (QED) is 0.657. The van der Waals surface area contributed by atoms with Crippen LogP contribution in [0.3, 0.4) is 0 Å². The Labute approximate surface area is 182 Å². The molecule has 0 radical (unpaired) electrons. The van der Waals surface area contributed by atoms with Crippen molar-refractivity contribution in [1.29, 1.82) is 0 Å². The maximum Gasteiger partial charge on any atom is 0.310 e. The first-order valence-corrected chi connectivity index (χ1v) is 10.7. The summed E-state index contributed by atoms with van der Waals surface area (Å²) < 4.78 is 4.83. The Morgan fingerprint density at radius 2 is 1.80 bits per heavy atom. The second-order valence-corrected chi connectivity index (χ2v) is 9.47. The van der Waals surface area contributed by atoms with Crippen LogP contribution in [0.2, 0.25) is 0 Å². The van der Waals surface area contributed by atoms with Crippen molar-refractivity contribution in [3.63, 3.8) is 0 Å². The van der Waals surface area contributed by atoms with Crippen LogP contribution < -0.4 is 5.32 Å². The standard InChI is InChI=1S/C23H30N2O4S/c1-15-12-18(24-22(28)23(3,4)5)30-19(15)20(26)25(13-16(2)21(27)29-6)14-17-10-8-7-9-11-17/h7-12,16H,13-14H2,1-6H3,(H,24,28). The van der Waals surface area contributed by atoms with Crippen LogP contribution in [0, 0.1) is 18.3 Å². The average Bonchev–Trinajstić information content (AvgIpc) is 3.06. The second-order valence-electron chi connectivity index (χ2n) is 8.42. The average molecular weight is 431 g/mol. The number of esters is 1. The fourth-order valence-corrected chi connectivity index (χ4v) is 3.86. The number of aryl methyl sites for hydroxylation is 1. The number of hydrogen-bond acceptors (Lipinski definition) is 5. The fourth-order valence-electron chi connectivity index (χ4n) is 2.83. The molecule has 1 N–H and O–H groups in total. The van der Waals surface area contributed by atoms with Gasteiger partial charge in [0.2, 0.25) is 5.91 Å². The topological polar surface area (TPSA) is 75.7 Å². The zero-order valence-electron chi connectivity index (χ0n) is 18.4. The van der Waals surface area contributed by atoms with Gasteiger partial charge in [-0.15, -0.1) is 11.3 Å². The molecule has 0 spiro atoms. The van der Waals surface area contributed by atoms with Crippen LogP contribution >= 0.6 is 11.3 Å². The SMILES string of the molecule is COC(=O)C(C)CN(Cc1ccccc1)C(=O)c1sc(NC(=O)C(C)(C)C)cc1C. The Kier molecular flexibility index (Phi) is 7.78. The van der Waals surface area contributed by atoms with Gasteiger partial charge in [-0.3, -0.25) is 14.4 Å². The number of methoxy groups -OCH3 is 1. The highest BCUT2D eigenvalue weighted by Gasteiger charge is 2.27. The lowest BCUT2D eigenvalue weighted by Crippen LogP contribution is -2.36. The lowest BCUT2D eigenvalue weighted by atomic mass is 9.96. The third-order valence-corrected chi connectivity index (χ3v) is 5.77. The van der Waals surface area contributed by atoms with Gasteiger partial charge in [0.25, 0.3) is 5.91 Å². The van der Waals surface area contributed by atoms with E-state index in [-0.39, 0.29) is 24.3 Å². The Bertz CT molecular complexity index is 900. The molecule has 1 atom stereocenters. The molecular formula is C23H30N2O4S. The van der Waals surface area contributed by atoms with Gasteiger partial charge >= 0.3 is 5.97 Å². The predicted octanol–water partition coefficient (Wildman–Crippen LogP) is 4.49. The highest BCUT2D eigenvalue weighted by Crippen LogP contribution is 2.30. The predicted molar refractivity (Wildman–Crippen MR) is 120 cm³/mol. The normalized spacial score (nSPS) is 12.2. The molecule has 162 valence electrons. The van der Waals surface area contributed by atoms with Crippen LogP contribution in [-0.4, -0.2) is 36.3 Å². The summed E-state index contributed by atoms with van der Waals surface area (Å²) in [4.78, 5) is 39.8. The summed E-state index contributed by atoms with van der Waals surface area (Å²) in [7, 11) is 1.34. The maximum atomic E-state index is 13.4. The Hall–Kier alpha value is -2.67. The molecule has 30 heavy (non-hydrogen) atoms. The van der Waals surface area contributed by atoms with Crippen LogP contribution in [0.1, 0.15) is 48.5 Å². The second kappa shape index (κ2) is 9.89. The molecule has 0 saturated carbocycles. The largest absolute Gasteiger partial charge is 0.469 e. The van der Waals surface area contributed by atoms with Crippen molar-refractivity contribution in [3.05, 3.63) is 52.4 Å². The van der Waals surface area contributed by atoms with Crippen molar-refractivity contribution >= 4 is 34.1 Å². The molecule has 1 heterocycles. The summed E-state index contributed by atoms with van der Waals surface area (Å²) in [6, 6.07) is 11.4. The van der Waals surface area contributed by atoms with E-state index in [1.807, 2.05) is 64.1 Å². The van der Waals surface area contributed by atoms with Gasteiger partial charge in [0.05, 0.1) is 22.9 Å². The molecule has 1 unspecified atom stereocenters. The molecule has 0 aliphatic heterocycles. The Morgan fingerprint density at radius 3 is 2.37 bits per heavy atom. The number of rotatable bonds is 7. The van der Waals surface area contributed by atoms with E-state index in [4.69, 9.17) is 4.74 Å². The van der Waals surface area contributed by atoms with Crippen LogP contribution in [0.15, 0.2) is 36.4 Å². The number of benzene rings is 1. The van der Waals surface area contributed by atoms with Gasteiger partial charge in [-0.05, 0) is 24.1 Å². The van der Waals surface area contributed by atoms with Gasteiger partial charge < -0.3 is 15.0 Å². The first-order chi connectivity index (χ1) is 14.0.